The van der Waals surface area contributed by atoms with Crippen LogP contribution < -0.4 is 10.6 Å². The third kappa shape index (κ3) is 7.87. The first-order valence-electron chi connectivity index (χ1n) is 15.1. The summed E-state index contributed by atoms with van der Waals surface area (Å²) in [5.41, 5.74) is 5.21. The summed E-state index contributed by atoms with van der Waals surface area (Å²) >= 11 is 13.1. The Hall–Kier alpha value is -3.86. The topological polar surface area (TPSA) is 128 Å². The Morgan fingerprint density at radius 2 is 1.36 bits per heavy atom. The number of aromatic nitrogens is 4. The molecule has 2 heterocycles. The van der Waals surface area contributed by atoms with Gasteiger partial charge in [-0.2, -0.15) is 0 Å². The van der Waals surface area contributed by atoms with E-state index in [0.717, 1.165) is 33.8 Å². The number of alkyl carbamates (subject to hydrolysis) is 1. The average Bonchev–Trinajstić information content (AvgIpc) is 3.29. The van der Waals surface area contributed by atoms with Crippen LogP contribution in [0.25, 0.3) is 33.6 Å². The summed E-state index contributed by atoms with van der Waals surface area (Å²) < 4.78 is 4.57. The number of methoxy groups -OCH3 is 1. The maximum atomic E-state index is 12.8. The van der Waals surface area contributed by atoms with Crippen LogP contribution in [0.5, 0.6) is 0 Å². The number of halogens is 2. The van der Waals surface area contributed by atoms with Crippen LogP contribution in [-0.4, -0.2) is 63.1 Å². The molecule has 2 amide bonds. The van der Waals surface area contributed by atoms with E-state index in [1.165, 1.54) is 7.11 Å². The largest absolute Gasteiger partial charge is 0.453 e. The summed E-state index contributed by atoms with van der Waals surface area (Å²) in [5, 5.41) is 6.90. The molecule has 2 aromatic heterocycles. The van der Waals surface area contributed by atoms with Crippen LogP contribution in [0.4, 0.5) is 4.79 Å². The molecule has 0 bridgehead atoms. The molecule has 3 atom stereocenters. The molecule has 1 saturated carbocycles. The van der Waals surface area contributed by atoms with E-state index in [9.17, 15) is 9.59 Å². The van der Waals surface area contributed by atoms with Crippen LogP contribution >= 0.6 is 23.2 Å². The Bertz CT molecular complexity index is 1620. The number of nitrogens with one attached hydrogen (secondary N) is 4. The van der Waals surface area contributed by atoms with E-state index in [4.69, 9.17) is 33.2 Å². The van der Waals surface area contributed by atoms with Crippen molar-refractivity contribution >= 4 is 35.2 Å². The van der Waals surface area contributed by atoms with E-state index in [0.29, 0.717) is 52.8 Å². The SMILES string of the molecule is COC(=O)NCC(=O)N(Cc1nc(-c2ccc(-c3ccc(-c4nc(CNC5C(C)[C@H]5C)[nH]c4Cl)cc3)cc2)c(Cl)[nH]1)CC(C)C. The van der Waals surface area contributed by atoms with Crippen molar-refractivity contribution in [2.24, 2.45) is 17.8 Å². The third-order valence-electron chi connectivity index (χ3n) is 8.24. The number of benzene rings is 2. The van der Waals surface area contributed by atoms with Gasteiger partial charge in [0.15, 0.2) is 0 Å². The minimum absolute atomic E-state index is 0.171. The van der Waals surface area contributed by atoms with Crippen molar-refractivity contribution in [2.75, 3.05) is 20.2 Å². The van der Waals surface area contributed by atoms with Gasteiger partial charge in [-0.3, -0.25) is 4.79 Å². The summed E-state index contributed by atoms with van der Waals surface area (Å²) in [7, 11) is 1.25. The molecule has 12 heteroatoms. The van der Waals surface area contributed by atoms with E-state index in [-0.39, 0.29) is 24.9 Å². The van der Waals surface area contributed by atoms with Crippen molar-refractivity contribution in [3.8, 4) is 33.6 Å². The van der Waals surface area contributed by atoms with E-state index >= 15 is 0 Å². The Morgan fingerprint density at radius 1 is 0.867 bits per heavy atom. The quantitative estimate of drug-likeness (QED) is 0.138. The minimum Gasteiger partial charge on any atom is -0.453 e. The molecule has 4 N–H and O–H groups in total. The molecule has 0 radical (unpaired) electrons. The Morgan fingerprint density at radius 3 is 1.84 bits per heavy atom. The Labute approximate surface area is 273 Å². The standard InChI is InChI=1S/C33H39Cl2N7O3/c1-18(2)16-42(27(43)15-37-33(44)45-5)17-26-39-30(32(35)41-26)24-12-8-22(9-13-24)21-6-10-23(11-7-21)29-31(34)40-25(38-29)14-36-28-19(3)20(28)4/h6-13,18-20,28,36H,14-17H2,1-5H3,(H,37,44)(H,38,40)(H,39,41)/t19-,20?,28?/m1/s1. The van der Waals surface area contributed by atoms with Crippen LogP contribution in [0.1, 0.15) is 39.3 Å². The van der Waals surface area contributed by atoms with Gasteiger partial charge in [0.2, 0.25) is 5.91 Å². The smallest absolute Gasteiger partial charge is 0.407 e. The lowest BCUT2D eigenvalue weighted by atomic mass is 10.0. The van der Waals surface area contributed by atoms with Crippen LogP contribution in [0, 0.1) is 17.8 Å². The number of carbonyl (C=O) groups excluding carboxylic acids is 2. The van der Waals surface area contributed by atoms with Gasteiger partial charge in [-0.05, 0) is 28.9 Å². The second-order valence-electron chi connectivity index (χ2n) is 12.0. The Balaban J connectivity index is 1.24. The van der Waals surface area contributed by atoms with E-state index in [1.807, 2.05) is 50.2 Å². The lowest BCUT2D eigenvalue weighted by molar-refractivity contribution is -0.131. The molecule has 1 aliphatic rings. The number of ether oxygens (including phenoxy) is 1. The molecule has 0 spiro atoms. The fourth-order valence-electron chi connectivity index (χ4n) is 5.43. The zero-order valence-corrected chi connectivity index (χ0v) is 27.6. The lowest BCUT2D eigenvalue weighted by Gasteiger charge is -2.23. The van der Waals surface area contributed by atoms with Gasteiger partial charge >= 0.3 is 6.09 Å². The maximum absolute atomic E-state index is 12.8. The van der Waals surface area contributed by atoms with Gasteiger partial charge in [0.25, 0.3) is 0 Å². The minimum atomic E-state index is -0.659. The van der Waals surface area contributed by atoms with Crippen LogP contribution in [-0.2, 0) is 22.6 Å². The zero-order valence-electron chi connectivity index (χ0n) is 26.1. The second kappa shape index (κ2) is 14.1. The predicted molar refractivity (Wildman–Crippen MR) is 177 cm³/mol. The molecule has 0 saturated heterocycles. The van der Waals surface area contributed by atoms with Gasteiger partial charge in [0.05, 0.1) is 20.2 Å². The van der Waals surface area contributed by atoms with Gasteiger partial charge in [0.1, 0.15) is 39.9 Å². The number of hydrogen-bond donors (Lipinski definition) is 4. The molecule has 5 rings (SSSR count). The first kappa shape index (κ1) is 32.5. The number of rotatable bonds is 12. The van der Waals surface area contributed by atoms with Gasteiger partial charge in [-0.15, -0.1) is 0 Å². The van der Waals surface area contributed by atoms with E-state index < -0.39 is 6.09 Å². The number of amides is 2. The lowest BCUT2D eigenvalue weighted by Crippen LogP contribution is -2.41. The normalized spacial score (nSPS) is 17.4. The van der Waals surface area contributed by atoms with Gasteiger partial charge in [-0.1, -0.05) is 99.4 Å². The fraction of sp³-hybridized carbons (Fsp3) is 0.394. The number of nitrogens with zero attached hydrogens (tertiary/aromatic N) is 3. The molecule has 238 valence electrons. The van der Waals surface area contributed by atoms with Crippen LogP contribution in [0.2, 0.25) is 10.3 Å². The number of imidazole rings is 2. The first-order chi connectivity index (χ1) is 21.5. The average molecular weight is 653 g/mol. The van der Waals surface area contributed by atoms with Gasteiger partial charge in [-0.25, -0.2) is 14.8 Å². The molecule has 1 aliphatic carbocycles. The van der Waals surface area contributed by atoms with Crippen molar-refractivity contribution in [2.45, 2.75) is 46.8 Å². The first-order valence-corrected chi connectivity index (χ1v) is 15.8. The van der Waals surface area contributed by atoms with Crippen molar-refractivity contribution in [3.63, 3.8) is 0 Å². The number of carbonyl (C=O) groups is 2. The molecule has 2 aromatic carbocycles. The molecule has 45 heavy (non-hydrogen) atoms. The second-order valence-corrected chi connectivity index (χ2v) is 12.7. The highest BCUT2D eigenvalue weighted by molar-refractivity contribution is 6.32. The highest BCUT2D eigenvalue weighted by Gasteiger charge is 2.42. The van der Waals surface area contributed by atoms with Gasteiger partial charge < -0.3 is 30.2 Å². The molecule has 4 aromatic rings. The van der Waals surface area contributed by atoms with E-state index in [2.05, 4.69) is 51.3 Å². The number of hydrogen-bond acceptors (Lipinski definition) is 6. The number of H-pyrrole nitrogens is 2. The monoisotopic (exact) mass is 651 g/mol. The predicted octanol–water partition coefficient (Wildman–Crippen LogP) is 6.53. The summed E-state index contributed by atoms with van der Waals surface area (Å²) in [5.74, 6) is 2.73. The molecular weight excluding hydrogens is 613 g/mol. The van der Waals surface area contributed by atoms with Crippen molar-refractivity contribution in [3.05, 3.63) is 70.5 Å². The van der Waals surface area contributed by atoms with Crippen molar-refractivity contribution in [1.29, 1.82) is 0 Å². The third-order valence-corrected chi connectivity index (χ3v) is 8.79. The molecule has 2 unspecified atom stereocenters. The number of aromatic amines is 2. The fourth-order valence-corrected chi connectivity index (χ4v) is 5.96. The van der Waals surface area contributed by atoms with E-state index in [1.54, 1.807) is 4.90 Å². The summed E-state index contributed by atoms with van der Waals surface area (Å²) in [6.45, 7) is 9.74. The summed E-state index contributed by atoms with van der Waals surface area (Å²) in [6.07, 6.45) is -0.659. The highest BCUT2D eigenvalue weighted by Crippen LogP contribution is 2.38. The maximum Gasteiger partial charge on any atom is 0.407 e. The summed E-state index contributed by atoms with van der Waals surface area (Å²) in [6, 6.07) is 16.7. The molecule has 10 nitrogen and oxygen atoms in total. The van der Waals surface area contributed by atoms with Gasteiger partial charge in [0, 0.05) is 23.7 Å². The van der Waals surface area contributed by atoms with Crippen LogP contribution in [0.3, 0.4) is 0 Å². The summed E-state index contributed by atoms with van der Waals surface area (Å²) in [4.78, 5) is 41.6. The van der Waals surface area contributed by atoms with Crippen molar-refractivity contribution < 1.29 is 14.3 Å². The van der Waals surface area contributed by atoms with Crippen molar-refractivity contribution in [1.82, 2.24) is 35.5 Å². The Kier molecular flexibility index (Phi) is 10.2. The van der Waals surface area contributed by atoms with Crippen LogP contribution in [0.15, 0.2) is 48.5 Å². The molecule has 0 aliphatic heterocycles. The molecule has 1 fully saturated rings. The highest BCUT2D eigenvalue weighted by atomic mass is 35.5. The zero-order chi connectivity index (χ0) is 32.2. The molecular formula is C33H39Cl2N7O3.